The van der Waals surface area contributed by atoms with E-state index in [1.165, 1.54) is 22.5 Å². The Kier molecular flexibility index (Phi) is 5.46. The van der Waals surface area contributed by atoms with Crippen molar-refractivity contribution in [1.29, 1.82) is 0 Å². The number of piperazine rings is 1. The van der Waals surface area contributed by atoms with Crippen molar-refractivity contribution in [3.63, 3.8) is 0 Å². The first kappa shape index (κ1) is 19.7. The molecule has 2 aromatic rings. The van der Waals surface area contributed by atoms with Crippen LogP contribution in [0.2, 0.25) is 0 Å². The molecule has 10 nitrogen and oxygen atoms in total. The van der Waals surface area contributed by atoms with Gasteiger partial charge in [-0.3, -0.25) is 20.2 Å². The number of hydrogen-bond donors (Lipinski definition) is 0. The van der Waals surface area contributed by atoms with Gasteiger partial charge in [0.25, 0.3) is 21.4 Å². The minimum Gasteiger partial charge on any atom is -0.363 e. The number of nitro groups is 2. The summed E-state index contributed by atoms with van der Waals surface area (Å²) in [5, 5.41) is 22.1. The maximum absolute atomic E-state index is 12.7. The van der Waals surface area contributed by atoms with Gasteiger partial charge in [0.15, 0.2) is 0 Å². The van der Waals surface area contributed by atoms with Crippen LogP contribution in [0.15, 0.2) is 38.3 Å². The van der Waals surface area contributed by atoms with Gasteiger partial charge >= 0.3 is 0 Å². The third-order valence-corrected chi connectivity index (χ3v) is 8.08. The molecular formula is C14H13BrN4O6S2. The highest BCUT2D eigenvalue weighted by Gasteiger charge is 2.32. The number of halogens is 1. The molecule has 3 rings (SSSR count). The Balaban J connectivity index is 1.80. The fourth-order valence-electron chi connectivity index (χ4n) is 2.77. The maximum Gasteiger partial charge on any atom is 0.299 e. The number of rotatable bonds is 5. The zero-order valence-corrected chi connectivity index (χ0v) is 16.9. The standard InChI is InChI=1S/C14H13BrN4O6S2/c15-13-3-4-14(26-13)27(24,25)17-7-5-16(6-8-17)11-2-1-10(18(20)21)9-12(11)19(22)23/h1-4,9H,5-8H2. The molecule has 0 bridgehead atoms. The van der Waals surface area contributed by atoms with Crippen LogP contribution in [-0.4, -0.2) is 48.7 Å². The summed E-state index contributed by atoms with van der Waals surface area (Å²) in [5.41, 5.74) is -0.501. The summed E-state index contributed by atoms with van der Waals surface area (Å²) >= 11 is 4.36. The van der Waals surface area contributed by atoms with Crippen molar-refractivity contribution in [3.05, 3.63) is 54.3 Å². The molecule has 144 valence electrons. The number of hydrogen-bond acceptors (Lipinski definition) is 8. The zero-order chi connectivity index (χ0) is 19.8. The molecule has 0 N–H and O–H groups in total. The van der Waals surface area contributed by atoms with Crippen molar-refractivity contribution in [3.8, 4) is 0 Å². The topological polar surface area (TPSA) is 127 Å². The number of non-ortho nitro benzene ring substituents is 1. The summed E-state index contributed by atoms with van der Waals surface area (Å²) in [6, 6.07) is 6.64. The molecule has 1 saturated heterocycles. The Hall–Kier alpha value is -2.09. The number of nitrogens with zero attached hydrogens (tertiary/aromatic N) is 4. The van der Waals surface area contributed by atoms with Gasteiger partial charge in [-0.05, 0) is 34.1 Å². The molecule has 0 saturated carbocycles. The van der Waals surface area contributed by atoms with Crippen molar-refractivity contribution in [2.24, 2.45) is 0 Å². The fourth-order valence-corrected chi connectivity index (χ4v) is 6.36. The zero-order valence-electron chi connectivity index (χ0n) is 13.6. The lowest BCUT2D eigenvalue weighted by Crippen LogP contribution is -2.48. The number of anilines is 1. The van der Waals surface area contributed by atoms with E-state index in [1.807, 2.05) is 0 Å². The lowest BCUT2D eigenvalue weighted by atomic mass is 10.2. The molecule has 1 aliphatic rings. The van der Waals surface area contributed by atoms with Gasteiger partial charge in [0.2, 0.25) is 0 Å². The molecule has 0 radical (unpaired) electrons. The highest BCUT2D eigenvalue weighted by atomic mass is 79.9. The number of benzene rings is 1. The van der Waals surface area contributed by atoms with Gasteiger partial charge in [-0.1, -0.05) is 0 Å². The highest BCUT2D eigenvalue weighted by molar-refractivity contribution is 9.11. The molecule has 0 unspecified atom stereocenters. The van der Waals surface area contributed by atoms with Crippen molar-refractivity contribution >= 4 is 54.4 Å². The summed E-state index contributed by atoms with van der Waals surface area (Å²) in [5.74, 6) is 0. The summed E-state index contributed by atoms with van der Waals surface area (Å²) in [6.45, 7) is 0.798. The van der Waals surface area contributed by atoms with Gasteiger partial charge in [0, 0.05) is 32.2 Å². The van der Waals surface area contributed by atoms with E-state index in [0.717, 1.165) is 17.4 Å². The predicted molar refractivity (Wildman–Crippen MR) is 103 cm³/mol. The normalized spacial score (nSPS) is 15.7. The Morgan fingerprint density at radius 2 is 1.67 bits per heavy atom. The van der Waals surface area contributed by atoms with Crippen LogP contribution < -0.4 is 4.90 Å². The molecule has 0 aliphatic carbocycles. The second-order valence-electron chi connectivity index (χ2n) is 5.64. The first-order valence-corrected chi connectivity index (χ1v) is 10.7. The van der Waals surface area contributed by atoms with Crippen LogP contribution >= 0.6 is 27.3 Å². The van der Waals surface area contributed by atoms with Crippen molar-refractivity contribution in [2.45, 2.75) is 4.21 Å². The van der Waals surface area contributed by atoms with Crippen LogP contribution in [0.4, 0.5) is 17.1 Å². The van der Waals surface area contributed by atoms with Crippen molar-refractivity contribution in [2.75, 3.05) is 31.1 Å². The van der Waals surface area contributed by atoms with E-state index in [1.54, 1.807) is 11.0 Å². The minimum atomic E-state index is -3.62. The SMILES string of the molecule is O=[N+]([O-])c1ccc(N2CCN(S(=O)(=O)c3ccc(Br)s3)CC2)c([N+](=O)[O-])c1. The van der Waals surface area contributed by atoms with Crippen LogP contribution in [0.5, 0.6) is 0 Å². The molecule has 0 atom stereocenters. The van der Waals surface area contributed by atoms with Crippen LogP contribution in [0.25, 0.3) is 0 Å². The lowest BCUT2D eigenvalue weighted by Gasteiger charge is -2.34. The third-order valence-electron chi connectivity index (χ3n) is 4.09. The molecule has 27 heavy (non-hydrogen) atoms. The maximum atomic E-state index is 12.7. The second kappa shape index (κ2) is 7.50. The van der Waals surface area contributed by atoms with Crippen molar-refractivity contribution < 1.29 is 18.3 Å². The van der Waals surface area contributed by atoms with Gasteiger partial charge in [-0.25, -0.2) is 8.42 Å². The summed E-state index contributed by atoms with van der Waals surface area (Å²) in [6.07, 6.45) is 0. The van der Waals surface area contributed by atoms with Gasteiger partial charge in [-0.15, -0.1) is 11.3 Å². The Labute approximate surface area is 166 Å². The number of thiophene rings is 1. The molecule has 1 aromatic carbocycles. The highest BCUT2D eigenvalue weighted by Crippen LogP contribution is 2.34. The van der Waals surface area contributed by atoms with Crippen LogP contribution in [0.1, 0.15) is 0 Å². The summed E-state index contributed by atoms with van der Waals surface area (Å²) < 4.78 is 27.6. The number of nitro benzene ring substituents is 2. The van der Waals surface area contributed by atoms with Crippen LogP contribution in [-0.2, 0) is 10.0 Å². The van der Waals surface area contributed by atoms with Gasteiger partial charge in [0.1, 0.15) is 9.90 Å². The Morgan fingerprint density at radius 3 is 2.19 bits per heavy atom. The summed E-state index contributed by atoms with van der Waals surface area (Å²) in [4.78, 5) is 22.4. The fraction of sp³-hybridized carbons (Fsp3) is 0.286. The average Bonchev–Trinajstić information content (AvgIpc) is 3.08. The monoisotopic (exact) mass is 476 g/mol. The van der Waals surface area contributed by atoms with E-state index >= 15 is 0 Å². The van der Waals surface area contributed by atoms with E-state index < -0.39 is 19.9 Å². The van der Waals surface area contributed by atoms with E-state index in [9.17, 15) is 28.6 Å². The third kappa shape index (κ3) is 3.95. The molecule has 1 aliphatic heterocycles. The molecule has 0 amide bonds. The molecule has 2 heterocycles. The summed E-state index contributed by atoms with van der Waals surface area (Å²) in [7, 11) is -3.62. The van der Waals surface area contributed by atoms with Gasteiger partial charge in [0.05, 0.1) is 19.7 Å². The number of sulfonamides is 1. The van der Waals surface area contributed by atoms with E-state index in [2.05, 4.69) is 15.9 Å². The van der Waals surface area contributed by atoms with Crippen molar-refractivity contribution in [1.82, 2.24) is 4.31 Å². The molecule has 1 aromatic heterocycles. The van der Waals surface area contributed by atoms with E-state index in [-0.39, 0.29) is 47.5 Å². The Bertz CT molecular complexity index is 1000. The van der Waals surface area contributed by atoms with Gasteiger partial charge in [-0.2, -0.15) is 4.31 Å². The van der Waals surface area contributed by atoms with Crippen LogP contribution in [0, 0.1) is 20.2 Å². The van der Waals surface area contributed by atoms with E-state index in [4.69, 9.17) is 0 Å². The average molecular weight is 477 g/mol. The lowest BCUT2D eigenvalue weighted by molar-refractivity contribution is -0.393. The smallest absolute Gasteiger partial charge is 0.299 e. The second-order valence-corrected chi connectivity index (χ2v) is 10.3. The Morgan fingerprint density at radius 1 is 1.00 bits per heavy atom. The molecule has 1 fully saturated rings. The van der Waals surface area contributed by atoms with Gasteiger partial charge < -0.3 is 4.90 Å². The molecule has 13 heteroatoms. The van der Waals surface area contributed by atoms with Crippen LogP contribution in [0.3, 0.4) is 0 Å². The first-order valence-electron chi connectivity index (χ1n) is 7.63. The molecule has 0 spiro atoms. The first-order chi connectivity index (χ1) is 12.7. The largest absolute Gasteiger partial charge is 0.363 e. The minimum absolute atomic E-state index is 0.159. The molecular weight excluding hydrogens is 464 g/mol. The predicted octanol–water partition coefficient (Wildman–Crippen LogP) is 2.84. The van der Waals surface area contributed by atoms with E-state index in [0.29, 0.717) is 3.79 Å². The quantitative estimate of drug-likeness (QED) is 0.479.